The van der Waals surface area contributed by atoms with Gasteiger partial charge in [0.15, 0.2) is 0 Å². The lowest BCUT2D eigenvalue weighted by Crippen LogP contribution is -2.14. The number of halogens is 1. The van der Waals surface area contributed by atoms with Gasteiger partial charge in [-0.1, -0.05) is 48.5 Å². The van der Waals surface area contributed by atoms with E-state index in [1.54, 1.807) is 0 Å². The summed E-state index contributed by atoms with van der Waals surface area (Å²) in [7, 11) is 0. The first-order valence-electron chi connectivity index (χ1n) is 7.32. The van der Waals surface area contributed by atoms with Crippen LogP contribution in [0.2, 0.25) is 0 Å². The molecule has 100 valence electrons. The molecule has 0 atom stereocenters. The van der Waals surface area contributed by atoms with Crippen molar-refractivity contribution in [2.45, 2.75) is 51.9 Å². The average molecular weight is 310 g/mol. The monoisotopic (exact) mass is 309 g/mol. The Balaban J connectivity index is 1.92. The minimum absolute atomic E-state index is 0.876. The first-order chi connectivity index (χ1) is 8.79. The Morgan fingerprint density at radius 1 is 1.17 bits per heavy atom. The molecule has 0 aromatic heterocycles. The zero-order valence-electron chi connectivity index (χ0n) is 11.3. The molecule has 0 heterocycles. The van der Waals surface area contributed by atoms with Crippen molar-refractivity contribution in [2.75, 3.05) is 11.9 Å². The van der Waals surface area contributed by atoms with Crippen molar-refractivity contribution >= 4 is 21.6 Å². The molecule has 1 aliphatic carbocycles. The van der Waals surface area contributed by atoms with Crippen LogP contribution >= 0.6 is 15.9 Å². The highest BCUT2D eigenvalue weighted by Crippen LogP contribution is 2.25. The molecule has 0 saturated heterocycles. The first-order valence-corrected chi connectivity index (χ1v) is 8.11. The van der Waals surface area contributed by atoms with Gasteiger partial charge in [0.1, 0.15) is 0 Å². The molecule has 0 radical (unpaired) electrons. The van der Waals surface area contributed by atoms with Gasteiger partial charge >= 0.3 is 0 Å². The van der Waals surface area contributed by atoms with Gasteiger partial charge in [-0.2, -0.15) is 0 Å². The van der Waals surface area contributed by atoms with Gasteiger partial charge in [0, 0.05) is 16.7 Å². The topological polar surface area (TPSA) is 12.0 Å². The van der Waals surface area contributed by atoms with Crippen LogP contribution in [-0.2, 0) is 6.42 Å². The SMILES string of the molecule is CCc1cc(Br)ccc1NCC1CCCCCC1. The van der Waals surface area contributed by atoms with E-state index >= 15 is 0 Å². The van der Waals surface area contributed by atoms with Crippen molar-refractivity contribution in [3.8, 4) is 0 Å². The lowest BCUT2D eigenvalue weighted by molar-refractivity contribution is 0.483. The van der Waals surface area contributed by atoms with Gasteiger partial charge in [0.25, 0.3) is 0 Å². The van der Waals surface area contributed by atoms with Crippen LogP contribution in [0.3, 0.4) is 0 Å². The summed E-state index contributed by atoms with van der Waals surface area (Å²) in [4.78, 5) is 0. The molecule has 1 aliphatic rings. The van der Waals surface area contributed by atoms with Gasteiger partial charge in [-0.3, -0.25) is 0 Å². The second kappa shape index (κ2) is 7.18. The summed E-state index contributed by atoms with van der Waals surface area (Å²) in [6.07, 6.45) is 9.63. The third kappa shape index (κ3) is 4.01. The third-order valence-corrected chi connectivity index (χ3v) is 4.50. The van der Waals surface area contributed by atoms with E-state index in [9.17, 15) is 0 Å². The Hall–Kier alpha value is -0.500. The number of hydrogen-bond donors (Lipinski definition) is 1. The lowest BCUT2D eigenvalue weighted by Gasteiger charge is -2.17. The predicted octanol–water partition coefficient (Wildman–Crippen LogP) is 5.39. The molecule has 1 saturated carbocycles. The average Bonchev–Trinajstić information content (AvgIpc) is 2.65. The van der Waals surface area contributed by atoms with Crippen LogP contribution in [0.25, 0.3) is 0 Å². The predicted molar refractivity (Wildman–Crippen MR) is 83.2 cm³/mol. The number of nitrogens with one attached hydrogen (secondary N) is 1. The van der Waals surface area contributed by atoms with Crippen molar-refractivity contribution in [3.05, 3.63) is 28.2 Å². The van der Waals surface area contributed by atoms with E-state index in [1.165, 1.54) is 54.2 Å². The van der Waals surface area contributed by atoms with Gasteiger partial charge in [-0.25, -0.2) is 0 Å². The number of anilines is 1. The molecule has 1 aromatic rings. The van der Waals surface area contributed by atoms with Gasteiger partial charge in [-0.05, 0) is 48.9 Å². The van der Waals surface area contributed by atoms with Crippen LogP contribution in [0, 0.1) is 5.92 Å². The molecule has 0 bridgehead atoms. The Labute approximate surface area is 119 Å². The van der Waals surface area contributed by atoms with Gasteiger partial charge in [0.2, 0.25) is 0 Å². The van der Waals surface area contributed by atoms with E-state index < -0.39 is 0 Å². The van der Waals surface area contributed by atoms with Crippen LogP contribution in [0.15, 0.2) is 22.7 Å². The normalized spacial score (nSPS) is 17.4. The van der Waals surface area contributed by atoms with Crippen LogP contribution in [0.1, 0.15) is 51.0 Å². The highest BCUT2D eigenvalue weighted by molar-refractivity contribution is 9.10. The molecule has 1 aromatic carbocycles. The maximum atomic E-state index is 3.67. The summed E-state index contributed by atoms with van der Waals surface area (Å²) >= 11 is 3.55. The quantitative estimate of drug-likeness (QED) is 0.735. The second-order valence-corrected chi connectivity index (χ2v) is 6.31. The highest BCUT2D eigenvalue weighted by Gasteiger charge is 2.12. The Bertz CT molecular complexity index is 367. The smallest absolute Gasteiger partial charge is 0.0373 e. The Kier molecular flexibility index (Phi) is 5.55. The van der Waals surface area contributed by atoms with Crippen molar-refractivity contribution in [1.82, 2.24) is 0 Å². The van der Waals surface area contributed by atoms with E-state index in [0.717, 1.165) is 18.9 Å². The number of hydrogen-bond acceptors (Lipinski definition) is 1. The van der Waals surface area contributed by atoms with Gasteiger partial charge < -0.3 is 5.32 Å². The molecule has 1 nitrogen and oxygen atoms in total. The van der Waals surface area contributed by atoms with Crippen molar-refractivity contribution < 1.29 is 0 Å². The first kappa shape index (κ1) is 13.9. The maximum absolute atomic E-state index is 3.67. The summed E-state index contributed by atoms with van der Waals surface area (Å²) in [5, 5.41) is 3.67. The molecule has 1 fully saturated rings. The molecule has 2 rings (SSSR count). The molecule has 0 unspecified atom stereocenters. The summed E-state index contributed by atoms with van der Waals surface area (Å²) < 4.78 is 1.18. The van der Waals surface area contributed by atoms with Crippen molar-refractivity contribution in [2.24, 2.45) is 5.92 Å². The minimum atomic E-state index is 0.876. The van der Waals surface area contributed by atoms with Gasteiger partial charge in [-0.15, -0.1) is 0 Å². The molecular formula is C16H24BrN. The van der Waals surface area contributed by atoms with Crippen LogP contribution in [0.4, 0.5) is 5.69 Å². The number of aryl methyl sites for hydroxylation is 1. The van der Waals surface area contributed by atoms with E-state index in [4.69, 9.17) is 0 Å². The summed E-state index contributed by atoms with van der Waals surface area (Å²) in [5.74, 6) is 0.876. The zero-order valence-corrected chi connectivity index (χ0v) is 12.9. The maximum Gasteiger partial charge on any atom is 0.0373 e. The number of benzene rings is 1. The van der Waals surface area contributed by atoms with E-state index in [-0.39, 0.29) is 0 Å². The van der Waals surface area contributed by atoms with Crippen LogP contribution in [0.5, 0.6) is 0 Å². The zero-order chi connectivity index (χ0) is 12.8. The summed E-state index contributed by atoms with van der Waals surface area (Å²) in [6, 6.07) is 6.57. The molecule has 2 heteroatoms. The molecule has 0 aliphatic heterocycles. The summed E-state index contributed by atoms with van der Waals surface area (Å²) in [5.41, 5.74) is 2.74. The van der Waals surface area contributed by atoms with Crippen LogP contribution < -0.4 is 5.32 Å². The second-order valence-electron chi connectivity index (χ2n) is 5.39. The molecule has 18 heavy (non-hydrogen) atoms. The third-order valence-electron chi connectivity index (χ3n) is 4.00. The molecular weight excluding hydrogens is 286 g/mol. The molecule has 0 amide bonds. The Morgan fingerprint density at radius 3 is 2.56 bits per heavy atom. The van der Waals surface area contributed by atoms with Gasteiger partial charge in [0.05, 0.1) is 0 Å². The minimum Gasteiger partial charge on any atom is -0.385 e. The highest BCUT2D eigenvalue weighted by atomic mass is 79.9. The molecule has 0 spiro atoms. The fourth-order valence-electron chi connectivity index (χ4n) is 2.85. The van der Waals surface area contributed by atoms with E-state index in [0.29, 0.717) is 0 Å². The van der Waals surface area contributed by atoms with E-state index in [1.807, 2.05) is 0 Å². The number of rotatable bonds is 4. The molecule has 1 N–H and O–H groups in total. The van der Waals surface area contributed by atoms with Crippen molar-refractivity contribution in [1.29, 1.82) is 0 Å². The largest absolute Gasteiger partial charge is 0.385 e. The lowest BCUT2D eigenvalue weighted by atomic mass is 10.00. The standard InChI is InChI=1S/C16H24BrN/c1-2-14-11-15(17)9-10-16(14)18-12-13-7-5-3-4-6-8-13/h9-11,13,18H,2-8,12H2,1H3. The Morgan fingerprint density at radius 2 is 1.89 bits per heavy atom. The fraction of sp³-hybridized carbons (Fsp3) is 0.625. The summed E-state index contributed by atoms with van der Waals surface area (Å²) in [6.45, 7) is 3.37. The van der Waals surface area contributed by atoms with Crippen LogP contribution in [-0.4, -0.2) is 6.54 Å². The van der Waals surface area contributed by atoms with Crippen molar-refractivity contribution in [3.63, 3.8) is 0 Å². The fourth-order valence-corrected chi connectivity index (χ4v) is 3.26. The van der Waals surface area contributed by atoms with E-state index in [2.05, 4.69) is 46.4 Å².